The molecule has 0 aliphatic carbocycles. The number of carbonyl (C=O) groups is 2. The molecule has 6 nitrogen and oxygen atoms in total. The standard InChI is InChI=1S/C27H32N4O2/c1-27(2,3)24-18-23(30(4)29-24)26(33)28-21-17-20(25(32)19-11-7-5-8-12-19)13-14-22(21)31-15-9-6-10-16-31/h5,7-8,11-14,17-18H,6,9-10,15-16H2,1-4H3,(H,28,33). The van der Waals surface area contributed by atoms with Crippen LogP contribution < -0.4 is 10.2 Å². The third-order valence-electron chi connectivity index (χ3n) is 6.12. The maximum Gasteiger partial charge on any atom is 0.273 e. The highest BCUT2D eigenvalue weighted by atomic mass is 16.2. The van der Waals surface area contributed by atoms with Gasteiger partial charge in [0.05, 0.1) is 17.1 Å². The van der Waals surface area contributed by atoms with Crippen LogP contribution in [0.1, 0.15) is 72.1 Å². The molecule has 0 saturated carbocycles. The predicted molar refractivity (Wildman–Crippen MR) is 132 cm³/mol. The largest absolute Gasteiger partial charge is 0.370 e. The Kier molecular flexibility index (Phi) is 6.36. The van der Waals surface area contributed by atoms with Gasteiger partial charge in [0.25, 0.3) is 5.91 Å². The summed E-state index contributed by atoms with van der Waals surface area (Å²) >= 11 is 0. The van der Waals surface area contributed by atoms with Gasteiger partial charge in [0.1, 0.15) is 5.69 Å². The SMILES string of the molecule is Cn1nc(C(C)(C)C)cc1C(=O)Nc1cc(C(=O)c2ccccc2)ccc1N1CCCCC1. The number of amides is 1. The van der Waals surface area contributed by atoms with Gasteiger partial charge in [-0.3, -0.25) is 14.3 Å². The fourth-order valence-corrected chi connectivity index (χ4v) is 4.18. The van der Waals surface area contributed by atoms with Gasteiger partial charge in [0.2, 0.25) is 0 Å². The second kappa shape index (κ2) is 9.22. The van der Waals surface area contributed by atoms with Crippen molar-refractivity contribution < 1.29 is 9.59 Å². The van der Waals surface area contributed by atoms with Crippen molar-refractivity contribution in [2.45, 2.75) is 45.4 Å². The molecule has 1 aromatic heterocycles. The molecule has 1 fully saturated rings. The second-order valence-corrected chi connectivity index (χ2v) is 9.72. The lowest BCUT2D eigenvalue weighted by Crippen LogP contribution is -2.30. The van der Waals surface area contributed by atoms with E-state index < -0.39 is 0 Å². The summed E-state index contributed by atoms with van der Waals surface area (Å²) in [6, 6.07) is 16.7. The fourth-order valence-electron chi connectivity index (χ4n) is 4.18. The first kappa shape index (κ1) is 22.8. The molecule has 0 radical (unpaired) electrons. The Hall–Kier alpha value is -3.41. The van der Waals surface area contributed by atoms with Crippen molar-refractivity contribution in [3.05, 3.63) is 77.1 Å². The summed E-state index contributed by atoms with van der Waals surface area (Å²) in [6.45, 7) is 8.10. The van der Waals surface area contributed by atoms with Gasteiger partial charge in [-0.15, -0.1) is 0 Å². The van der Waals surface area contributed by atoms with Crippen LogP contribution in [0.4, 0.5) is 11.4 Å². The number of nitrogens with zero attached hydrogens (tertiary/aromatic N) is 3. The number of hydrogen-bond acceptors (Lipinski definition) is 4. The van der Waals surface area contributed by atoms with Crippen molar-refractivity contribution in [1.82, 2.24) is 9.78 Å². The van der Waals surface area contributed by atoms with Crippen LogP contribution >= 0.6 is 0 Å². The number of nitrogens with one attached hydrogen (secondary N) is 1. The second-order valence-electron chi connectivity index (χ2n) is 9.72. The van der Waals surface area contributed by atoms with Crippen molar-refractivity contribution >= 4 is 23.1 Å². The molecule has 4 rings (SSSR count). The first-order chi connectivity index (χ1) is 15.7. The van der Waals surface area contributed by atoms with Gasteiger partial charge in [-0.2, -0.15) is 5.10 Å². The number of aromatic nitrogens is 2. The highest BCUT2D eigenvalue weighted by molar-refractivity contribution is 6.11. The molecule has 1 N–H and O–H groups in total. The Labute approximate surface area is 195 Å². The topological polar surface area (TPSA) is 67.2 Å². The van der Waals surface area contributed by atoms with Crippen LogP contribution in [-0.2, 0) is 12.5 Å². The zero-order chi connectivity index (χ0) is 23.6. The van der Waals surface area contributed by atoms with Crippen molar-refractivity contribution in [2.24, 2.45) is 7.05 Å². The van der Waals surface area contributed by atoms with E-state index in [4.69, 9.17) is 0 Å². The maximum absolute atomic E-state index is 13.3. The summed E-state index contributed by atoms with van der Waals surface area (Å²) in [4.78, 5) is 28.6. The Morgan fingerprint density at radius 3 is 2.24 bits per heavy atom. The molecule has 1 aliphatic heterocycles. The van der Waals surface area contributed by atoms with E-state index in [1.165, 1.54) is 6.42 Å². The van der Waals surface area contributed by atoms with E-state index >= 15 is 0 Å². The number of piperidine rings is 1. The zero-order valence-corrected chi connectivity index (χ0v) is 19.9. The summed E-state index contributed by atoms with van der Waals surface area (Å²) < 4.78 is 1.62. The maximum atomic E-state index is 13.3. The molecule has 0 unspecified atom stereocenters. The van der Waals surface area contributed by atoms with E-state index in [0.29, 0.717) is 22.5 Å². The zero-order valence-electron chi connectivity index (χ0n) is 19.9. The van der Waals surface area contributed by atoms with Crippen molar-refractivity contribution in [3.8, 4) is 0 Å². The lowest BCUT2D eigenvalue weighted by atomic mass is 9.92. The molecule has 1 saturated heterocycles. The summed E-state index contributed by atoms with van der Waals surface area (Å²) in [6.07, 6.45) is 3.46. The smallest absolute Gasteiger partial charge is 0.273 e. The minimum absolute atomic E-state index is 0.0631. The molecule has 1 aliphatic rings. The summed E-state index contributed by atoms with van der Waals surface area (Å²) in [7, 11) is 1.78. The third kappa shape index (κ3) is 5.00. The van der Waals surface area contributed by atoms with Crippen molar-refractivity contribution in [1.29, 1.82) is 0 Å². The summed E-state index contributed by atoms with van der Waals surface area (Å²) in [5, 5.41) is 7.62. The van der Waals surface area contributed by atoms with Crippen LogP contribution in [0.3, 0.4) is 0 Å². The number of anilines is 2. The van der Waals surface area contributed by atoms with Crippen molar-refractivity contribution in [3.63, 3.8) is 0 Å². The molecule has 0 spiro atoms. The van der Waals surface area contributed by atoms with Gasteiger partial charge in [0.15, 0.2) is 5.78 Å². The molecule has 2 aromatic carbocycles. The fraction of sp³-hybridized carbons (Fsp3) is 0.370. The highest BCUT2D eigenvalue weighted by Crippen LogP contribution is 2.31. The van der Waals surface area contributed by atoms with E-state index in [1.54, 1.807) is 17.8 Å². The van der Waals surface area contributed by atoms with Gasteiger partial charge < -0.3 is 10.2 Å². The Balaban J connectivity index is 1.69. The molecule has 33 heavy (non-hydrogen) atoms. The van der Waals surface area contributed by atoms with Gasteiger partial charge in [-0.25, -0.2) is 0 Å². The molecule has 1 amide bonds. The lowest BCUT2D eigenvalue weighted by Gasteiger charge is -2.30. The van der Waals surface area contributed by atoms with E-state index in [2.05, 4.69) is 36.1 Å². The van der Waals surface area contributed by atoms with E-state index in [9.17, 15) is 9.59 Å². The third-order valence-corrected chi connectivity index (χ3v) is 6.12. The van der Waals surface area contributed by atoms with E-state index in [1.807, 2.05) is 48.5 Å². The molecule has 2 heterocycles. The van der Waals surface area contributed by atoms with Crippen molar-refractivity contribution in [2.75, 3.05) is 23.3 Å². The van der Waals surface area contributed by atoms with E-state index in [0.717, 1.165) is 37.3 Å². The van der Waals surface area contributed by atoms with Gasteiger partial charge in [-0.05, 0) is 43.5 Å². The quantitative estimate of drug-likeness (QED) is 0.550. The van der Waals surface area contributed by atoms with Crippen LogP contribution in [0.2, 0.25) is 0 Å². The van der Waals surface area contributed by atoms with Crippen LogP contribution in [-0.4, -0.2) is 34.6 Å². The average Bonchev–Trinajstić information content (AvgIpc) is 3.22. The van der Waals surface area contributed by atoms with Crippen LogP contribution in [0, 0.1) is 0 Å². The molecular weight excluding hydrogens is 412 g/mol. The lowest BCUT2D eigenvalue weighted by molar-refractivity contribution is 0.101. The first-order valence-corrected chi connectivity index (χ1v) is 11.6. The average molecular weight is 445 g/mol. The van der Waals surface area contributed by atoms with Gasteiger partial charge in [0, 0.05) is 36.7 Å². The first-order valence-electron chi connectivity index (χ1n) is 11.6. The van der Waals surface area contributed by atoms with Gasteiger partial charge >= 0.3 is 0 Å². The monoisotopic (exact) mass is 444 g/mol. The number of carbonyl (C=O) groups excluding carboxylic acids is 2. The molecule has 172 valence electrons. The molecule has 0 atom stereocenters. The van der Waals surface area contributed by atoms with Crippen LogP contribution in [0.15, 0.2) is 54.6 Å². The number of aryl methyl sites for hydroxylation is 1. The van der Waals surface area contributed by atoms with E-state index in [-0.39, 0.29) is 17.1 Å². The Morgan fingerprint density at radius 2 is 1.61 bits per heavy atom. The van der Waals surface area contributed by atoms with Crippen LogP contribution in [0.25, 0.3) is 0 Å². The summed E-state index contributed by atoms with van der Waals surface area (Å²) in [5.41, 5.74) is 3.98. The van der Waals surface area contributed by atoms with Crippen LogP contribution in [0.5, 0.6) is 0 Å². The molecule has 0 bridgehead atoms. The molecule has 3 aromatic rings. The minimum Gasteiger partial charge on any atom is -0.370 e. The number of ketones is 1. The Morgan fingerprint density at radius 1 is 0.909 bits per heavy atom. The minimum atomic E-state index is -0.233. The number of rotatable bonds is 5. The number of benzene rings is 2. The molecular formula is C27H32N4O2. The normalized spacial score (nSPS) is 14.2. The predicted octanol–water partition coefficient (Wildman–Crippen LogP) is 5.19. The number of hydrogen-bond donors (Lipinski definition) is 1. The van der Waals surface area contributed by atoms with Gasteiger partial charge in [-0.1, -0.05) is 51.1 Å². The summed E-state index contributed by atoms with van der Waals surface area (Å²) in [5.74, 6) is -0.296. The molecule has 6 heteroatoms. The highest BCUT2D eigenvalue weighted by Gasteiger charge is 2.24. The Bertz CT molecular complexity index is 1150.